The number of hydrogen-bond acceptors (Lipinski definition) is 3. The zero-order valence-corrected chi connectivity index (χ0v) is 13.1. The topological polar surface area (TPSA) is 49.8 Å². The molecule has 1 aromatic carbocycles. The first-order valence-corrected chi connectivity index (χ1v) is 7.77. The normalized spacial score (nSPS) is 18.5. The van der Waals surface area contributed by atoms with Crippen LogP contribution in [-0.4, -0.2) is 42.2 Å². The summed E-state index contributed by atoms with van der Waals surface area (Å²) in [5.74, 6) is 0.0863. The Labute approximate surface area is 130 Å². The summed E-state index contributed by atoms with van der Waals surface area (Å²) in [6.45, 7) is 1.55. The number of likely N-dealkylation sites (N-methyl/N-ethyl adjacent to an activating group) is 1. The molecule has 2 rings (SSSR count). The van der Waals surface area contributed by atoms with Gasteiger partial charge in [-0.3, -0.25) is 4.79 Å². The maximum absolute atomic E-state index is 12.2. The Bertz CT molecular complexity index is 486. The van der Waals surface area contributed by atoms with Crippen molar-refractivity contribution < 1.29 is 14.6 Å². The Balaban J connectivity index is 1.80. The molecule has 1 aromatic rings. The van der Waals surface area contributed by atoms with Crippen molar-refractivity contribution in [3.05, 3.63) is 28.8 Å². The highest BCUT2D eigenvalue weighted by Crippen LogP contribution is 2.24. The maximum atomic E-state index is 12.2. The lowest BCUT2D eigenvalue weighted by Gasteiger charge is -2.25. The van der Waals surface area contributed by atoms with Crippen LogP contribution in [-0.2, 0) is 16.0 Å². The van der Waals surface area contributed by atoms with Crippen LogP contribution >= 0.6 is 11.6 Å². The van der Waals surface area contributed by atoms with Gasteiger partial charge in [-0.25, -0.2) is 0 Å². The van der Waals surface area contributed by atoms with E-state index in [4.69, 9.17) is 16.3 Å². The van der Waals surface area contributed by atoms with Crippen LogP contribution < -0.4 is 0 Å². The summed E-state index contributed by atoms with van der Waals surface area (Å²) in [4.78, 5) is 13.9. The molecule has 1 N–H and O–H groups in total. The fourth-order valence-electron chi connectivity index (χ4n) is 2.47. The summed E-state index contributed by atoms with van der Waals surface area (Å²) in [6, 6.07) is 4.87. The first-order valence-electron chi connectivity index (χ1n) is 7.39. The molecule has 21 heavy (non-hydrogen) atoms. The highest BCUT2D eigenvalue weighted by atomic mass is 35.5. The van der Waals surface area contributed by atoms with E-state index in [0.717, 1.165) is 31.4 Å². The molecule has 1 saturated heterocycles. The second-order valence-corrected chi connectivity index (χ2v) is 5.96. The molecule has 1 aliphatic heterocycles. The smallest absolute Gasteiger partial charge is 0.226 e. The van der Waals surface area contributed by atoms with Crippen LogP contribution in [0.5, 0.6) is 5.75 Å². The molecule has 0 aromatic heterocycles. The minimum absolute atomic E-state index is 0.0377. The van der Waals surface area contributed by atoms with Crippen molar-refractivity contribution in [1.82, 2.24) is 4.90 Å². The average Bonchev–Trinajstić information content (AvgIpc) is 2.49. The summed E-state index contributed by atoms with van der Waals surface area (Å²) in [7, 11) is 1.81. The van der Waals surface area contributed by atoms with E-state index in [9.17, 15) is 9.90 Å². The Hall–Kier alpha value is -1.26. The van der Waals surface area contributed by atoms with E-state index in [2.05, 4.69) is 0 Å². The fourth-order valence-corrected chi connectivity index (χ4v) is 2.67. The summed E-state index contributed by atoms with van der Waals surface area (Å²) in [5, 5.41) is 9.65. The monoisotopic (exact) mass is 311 g/mol. The standard InChI is InChI=1S/C16H22ClNO3/c1-18(8-7-13-4-2-3-9-21-13)16(20)11-12-5-6-15(19)14(17)10-12/h5-6,10,13,19H,2-4,7-9,11H2,1H3/t13-/m1/s1. The van der Waals surface area contributed by atoms with Gasteiger partial charge in [0.25, 0.3) is 0 Å². The Morgan fingerprint density at radius 2 is 2.29 bits per heavy atom. The van der Waals surface area contributed by atoms with Gasteiger partial charge in [-0.05, 0) is 43.4 Å². The van der Waals surface area contributed by atoms with Gasteiger partial charge in [0.05, 0.1) is 17.5 Å². The summed E-state index contributed by atoms with van der Waals surface area (Å²) in [6.07, 6.45) is 4.93. The van der Waals surface area contributed by atoms with Crippen LogP contribution in [0.3, 0.4) is 0 Å². The number of benzene rings is 1. The Morgan fingerprint density at radius 3 is 2.95 bits per heavy atom. The number of hydrogen-bond donors (Lipinski definition) is 1. The molecule has 1 heterocycles. The first-order chi connectivity index (χ1) is 10.1. The number of ether oxygens (including phenoxy) is 1. The van der Waals surface area contributed by atoms with Crippen LogP contribution in [0.4, 0.5) is 0 Å². The SMILES string of the molecule is CN(CC[C@H]1CCCCO1)C(=O)Cc1ccc(O)c(Cl)c1. The third-order valence-electron chi connectivity index (χ3n) is 3.85. The van der Waals surface area contributed by atoms with Crippen molar-refractivity contribution in [2.75, 3.05) is 20.2 Å². The number of rotatable bonds is 5. The number of phenolic OH excluding ortho intramolecular Hbond substituents is 1. The lowest BCUT2D eigenvalue weighted by atomic mass is 10.1. The van der Waals surface area contributed by atoms with E-state index in [0.29, 0.717) is 13.0 Å². The van der Waals surface area contributed by atoms with Crippen LogP contribution in [0.15, 0.2) is 18.2 Å². The quantitative estimate of drug-likeness (QED) is 0.909. The molecular weight excluding hydrogens is 290 g/mol. The zero-order valence-electron chi connectivity index (χ0n) is 12.3. The lowest BCUT2D eigenvalue weighted by molar-refractivity contribution is -0.129. The van der Waals surface area contributed by atoms with Gasteiger partial charge >= 0.3 is 0 Å². The molecule has 0 spiro atoms. The molecule has 0 unspecified atom stereocenters. The summed E-state index contributed by atoms with van der Waals surface area (Å²) in [5.41, 5.74) is 0.809. The number of phenols is 1. The zero-order chi connectivity index (χ0) is 15.2. The Kier molecular flexibility index (Phi) is 5.88. The molecule has 1 aliphatic rings. The van der Waals surface area contributed by atoms with Gasteiger partial charge < -0.3 is 14.7 Å². The number of aromatic hydroxyl groups is 1. The molecule has 1 amide bonds. The van der Waals surface area contributed by atoms with Crippen molar-refractivity contribution in [3.8, 4) is 5.75 Å². The van der Waals surface area contributed by atoms with E-state index in [1.165, 1.54) is 12.5 Å². The van der Waals surface area contributed by atoms with E-state index >= 15 is 0 Å². The predicted octanol–water partition coefficient (Wildman–Crippen LogP) is 3.01. The van der Waals surface area contributed by atoms with E-state index in [1.54, 1.807) is 17.0 Å². The second-order valence-electron chi connectivity index (χ2n) is 5.56. The molecule has 0 aliphatic carbocycles. The molecule has 4 nitrogen and oxygen atoms in total. The van der Waals surface area contributed by atoms with Crippen LogP contribution in [0.1, 0.15) is 31.2 Å². The number of halogens is 1. The lowest BCUT2D eigenvalue weighted by Crippen LogP contribution is -2.32. The summed E-state index contributed by atoms with van der Waals surface area (Å²) < 4.78 is 5.67. The molecule has 1 fully saturated rings. The molecule has 116 valence electrons. The number of carbonyl (C=O) groups is 1. The van der Waals surface area contributed by atoms with E-state index < -0.39 is 0 Å². The van der Waals surface area contributed by atoms with Gasteiger partial charge in [0.15, 0.2) is 0 Å². The van der Waals surface area contributed by atoms with Gasteiger partial charge in [0.1, 0.15) is 5.75 Å². The molecule has 0 radical (unpaired) electrons. The first kappa shape index (κ1) is 16.1. The molecule has 5 heteroatoms. The van der Waals surface area contributed by atoms with Crippen LogP contribution in [0.25, 0.3) is 0 Å². The van der Waals surface area contributed by atoms with Crippen LogP contribution in [0, 0.1) is 0 Å². The Morgan fingerprint density at radius 1 is 1.48 bits per heavy atom. The van der Waals surface area contributed by atoms with Crippen molar-refractivity contribution in [2.24, 2.45) is 0 Å². The number of amides is 1. The number of carbonyl (C=O) groups excluding carboxylic acids is 1. The van der Waals surface area contributed by atoms with Gasteiger partial charge in [-0.2, -0.15) is 0 Å². The maximum Gasteiger partial charge on any atom is 0.226 e. The minimum Gasteiger partial charge on any atom is -0.506 e. The van der Waals surface area contributed by atoms with Crippen molar-refractivity contribution in [3.63, 3.8) is 0 Å². The largest absolute Gasteiger partial charge is 0.506 e. The third kappa shape index (κ3) is 4.90. The fraction of sp³-hybridized carbons (Fsp3) is 0.562. The van der Waals surface area contributed by atoms with Gasteiger partial charge in [-0.15, -0.1) is 0 Å². The molecule has 1 atom stereocenters. The molecule has 0 saturated carbocycles. The van der Waals surface area contributed by atoms with Gasteiger partial charge in [0.2, 0.25) is 5.91 Å². The molecular formula is C16H22ClNO3. The third-order valence-corrected chi connectivity index (χ3v) is 4.16. The van der Waals surface area contributed by atoms with Gasteiger partial charge in [0, 0.05) is 20.2 Å². The van der Waals surface area contributed by atoms with E-state index in [1.807, 2.05) is 7.05 Å². The summed E-state index contributed by atoms with van der Waals surface area (Å²) >= 11 is 5.85. The van der Waals surface area contributed by atoms with Gasteiger partial charge in [-0.1, -0.05) is 17.7 Å². The second kappa shape index (κ2) is 7.66. The molecule has 0 bridgehead atoms. The predicted molar refractivity (Wildman–Crippen MR) is 82.7 cm³/mol. The number of nitrogens with zero attached hydrogens (tertiary/aromatic N) is 1. The van der Waals surface area contributed by atoms with Crippen molar-refractivity contribution >= 4 is 17.5 Å². The minimum atomic E-state index is 0.0377. The average molecular weight is 312 g/mol. The van der Waals surface area contributed by atoms with Crippen molar-refractivity contribution in [1.29, 1.82) is 0 Å². The van der Waals surface area contributed by atoms with Crippen LogP contribution in [0.2, 0.25) is 5.02 Å². The highest BCUT2D eigenvalue weighted by molar-refractivity contribution is 6.32. The van der Waals surface area contributed by atoms with E-state index in [-0.39, 0.29) is 22.8 Å². The van der Waals surface area contributed by atoms with Crippen molar-refractivity contribution in [2.45, 2.75) is 38.2 Å². The highest BCUT2D eigenvalue weighted by Gasteiger charge is 2.16.